The van der Waals surface area contributed by atoms with Crippen LogP contribution < -0.4 is 5.32 Å². The van der Waals surface area contributed by atoms with Crippen LogP contribution in [0.4, 0.5) is 10.5 Å². The smallest absolute Gasteiger partial charge is 0.411 e. The maximum atomic E-state index is 12.6. The van der Waals surface area contributed by atoms with Gasteiger partial charge in [-0.05, 0) is 109 Å². The molecule has 4 heteroatoms. The third kappa shape index (κ3) is 5.69. The van der Waals surface area contributed by atoms with Crippen LogP contribution >= 0.6 is 0 Å². The molecule has 1 aromatic carbocycles. The van der Waals surface area contributed by atoms with Crippen LogP contribution in [0.1, 0.15) is 111 Å². The van der Waals surface area contributed by atoms with E-state index in [4.69, 9.17) is 4.74 Å². The van der Waals surface area contributed by atoms with Crippen LogP contribution in [0.15, 0.2) is 35.9 Å². The summed E-state index contributed by atoms with van der Waals surface area (Å²) in [5.41, 5.74) is 3.87. The van der Waals surface area contributed by atoms with E-state index in [1.807, 2.05) is 24.3 Å². The first kappa shape index (κ1) is 28.7. The number of aliphatic hydroxyl groups is 1. The monoisotopic (exact) mass is 535 g/mol. The summed E-state index contributed by atoms with van der Waals surface area (Å²) in [6.07, 6.45) is 16.2. The quantitative estimate of drug-likeness (QED) is 0.326. The van der Waals surface area contributed by atoms with Crippen molar-refractivity contribution >= 4 is 11.8 Å². The Morgan fingerprint density at radius 2 is 1.79 bits per heavy atom. The Balaban J connectivity index is 1.20. The zero-order valence-corrected chi connectivity index (χ0v) is 25.2. The second kappa shape index (κ2) is 11.6. The minimum atomic E-state index is -0.373. The fourth-order valence-electron chi connectivity index (χ4n) is 9.74. The van der Waals surface area contributed by atoms with E-state index in [1.54, 1.807) is 5.57 Å². The topological polar surface area (TPSA) is 58.6 Å². The number of rotatable bonds is 8. The van der Waals surface area contributed by atoms with Crippen molar-refractivity contribution in [2.75, 3.05) is 5.32 Å². The van der Waals surface area contributed by atoms with Crippen molar-refractivity contribution in [1.29, 1.82) is 0 Å². The van der Waals surface area contributed by atoms with Gasteiger partial charge in [0.1, 0.15) is 6.10 Å². The third-order valence-corrected chi connectivity index (χ3v) is 11.9. The highest BCUT2D eigenvalue weighted by Gasteiger charge is 2.59. The molecule has 3 fully saturated rings. The van der Waals surface area contributed by atoms with Gasteiger partial charge in [0.05, 0.1) is 6.61 Å². The van der Waals surface area contributed by atoms with Gasteiger partial charge in [-0.25, -0.2) is 4.79 Å². The molecule has 0 unspecified atom stereocenters. The van der Waals surface area contributed by atoms with Crippen LogP contribution in [0.25, 0.3) is 0 Å². The average Bonchev–Trinajstić information content (AvgIpc) is 3.26. The van der Waals surface area contributed by atoms with Gasteiger partial charge in [-0.15, -0.1) is 0 Å². The van der Waals surface area contributed by atoms with Crippen LogP contribution in [0.3, 0.4) is 0 Å². The molecule has 1 aromatic rings. The number of hydrogen-bond acceptors (Lipinski definition) is 3. The minimum Gasteiger partial charge on any atom is -0.446 e. The van der Waals surface area contributed by atoms with E-state index in [-0.39, 0.29) is 24.2 Å². The van der Waals surface area contributed by atoms with Gasteiger partial charge in [-0.2, -0.15) is 0 Å². The Labute approximate surface area is 237 Å². The summed E-state index contributed by atoms with van der Waals surface area (Å²) in [5.74, 6) is 5.06. The number of fused-ring (bicyclic) bond motifs is 5. The second-order valence-corrected chi connectivity index (χ2v) is 14.5. The largest absolute Gasteiger partial charge is 0.446 e. The molecule has 216 valence electrons. The molecule has 0 aromatic heterocycles. The van der Waals surface area contributed by atoms with E-state index < -0.39 is 0 Å². The van der Waals surface area contributed by atoms with E-state index >= 15 is 0 Å². The molecule has 0 heterocycles. The molecule has 0 saturated heterocycles. The Bertz CT molecular complexity index is 1030. The van der Waals surface area contributed by atoms with Crippen molar-refractivity contribution in [2.24, 2.45) is 46.3 Å². The van der Waals surface area contributed by atoms with Crippen LogP contribution in [0.2, 0.25) is 0 Å². The molecule has 39 heavy (non-hydrogen) atoms. The van der Waals surface area contributed by atoms with Crippen LogP contribution in [-0.4, -0.2) is 17.3 Å². The number of benzene rings is 1. The highest BCUT2D eigenvalue weighted by molar-refractivity contribution is 5.84. The lowest BCUT2D eigenvalue weighted by atomic mass is 9.47. The first-order chi connectivity index (χ1) is 18.6. The van der Waals surface area contributed by atoms with Crippen molar-refractivity contribution in [3.8, 4) is 0 Å². The average molecular weight is 536 g/mol. The van der Waals surface area contributed by atoms with Gasteiger partial charge in [0, 0.05) is 12.1 Å². The zero-order chi connectivity index (χ0) is 27.8. The highest BCUT2D eigenvalue weighted by atomic mass is 16.6. The number of hydrogen-bond donors (Lipinski definition) is 2. The van der Waals surface area contributed by atoms with Crippen molar-refractivity contribution in [1.82, 2.24) is 0 Å². The Morgan fingerprint density at radius 1 is 1.03 bits per heavy atom. The standard InChI is InChI=1S/C35H53NO3/c1-23(2)7-6-8-24(3)30-15-16-31-29-14-11-26-21-28(17-19-34(26,4)32(29)18-20-35(30,31)5)39-33(38)36-27-12-9-25(22-37)10-13-27/h9-13,23-24,28-32,37H,6-8,14-22H2,1-5H3,(H,36,38)/t24-,28+,29+,30-,31+,32+,34+,35-/m1/s1. The molecular formula is C35H53NO3. The fourth-order valence-corrected chi connectivity index (χ4v) is 9.74. The van der Waals surface area contributed by atoms with Crippen molar-refractivity contribution < 1.29 is 14.6 Å². The van der Waals surface area contributed by atoms with Crippen molar-refractivity contribution in [3.63, 3.8) is 0 Å². The summed E-state index contributed by atoms with van der Waals surface area (Å²) in [5, 5.41) is 12.1. The van der Waals surface area contributed by atoms with E-state index in [2.05, 4.69) is 46.0 Å². The van der Waals surface area contributed by atoms with Gasteiger partial charge in [-0.3, -0.25) is 5.32 Å². The number of nitrogens with one attached hydrogen (secondary N) is 1. The molecule has 2 N–H and O–H groups in total. The Kier molecular flexibility index (Phi) is 8.53. The molecule has 4 nitrogen and oxygen atoms in total. The molecule has 0 aliphatic heterocycles. The Hall–Kier alpha value is -1.81. The lowest BCUT2D eigenvalue weighted by Crippen LogP contribution is -2.51. The summed E-state index contributed by atoms with van der Waals surface area (Å²) in [4.78, 5) is 12.6. The summed E-state index contributed by atoms with van der Waals surface area (Å²) in [6.45, 7) is 12.5. The number of anilines is 1. The molecule has 8 atom stereocenters. The first-order valence-corrected chi connectivity index (χ1v) is 16.0. The molecule has 4 aliphatic rings. The minimum absolute atomic E-state index is 0.000658. The van der Waals surface area contributed by atoms with Crippen molar-refractivity contribution in [2.45, 2.75) is 118 Å². The number of allylic oxidation sites excluding steroid dienone is 1. The number of aliphatic hydroxyl groups excluding tert-OH is 1. The summed E-state index contributed by atoms with van der Waals surface area (Å²) in [7, 11) is 0. The predicted octanol–water partition coefficient (Wildman–Crippen LogP) is 9.14. The summed E-state index contributed by atoms with van der Waals surface area (Å²) in [6, 6.07) is 7.26. The van der Waals surface area contributed by atoms with Gasteiger partial charge in [0.25, 0.3) is 0 Å². The number of carbonyl (C=O) groups is 1. The molecular weight excluding hydrogens is 482 g/mol. The Morgan fingerprint density at radius 3 is 2.51 bits per heavy atom. The first-order valence-electron chi connectivity index (χ1n) is 16.0. The van der Waals surface area contributed by atoms with E-state index in [9.17, 15) is 9.90 Å². The van der Waals surface area contributed by atoms with Crippen LogP contribution in [-0.2, 0) is 11.3 Å². The lowest BCUT2D eigenvalue weighted by molar-refractivity contribution is -0.0577. The summed E-state index contributed by atoms with van der Waals surface area (Å²) >= 11 is 0. The third-order valence-electron chi connectivity index (χ3n) is 11.9. The van der Waals surface area contributed by atoms with E-state index in [1.165, 1.54) is 51.4 Å². The molecule has 1 amide bonds. The maximum Gasteiger partial charge on any atom is 0.411 e. The lowest BCUT2D eigenvalue weighted by Gasteiger charge is -2.58. The number of amides is 1. The predicted molar refractivity (Wildman–Crippen MR) is 159 cm³/mol. The van der Waals surface area contributed by atoms with Gasteiger partial charge in [0.15, 0.2) is 0 Å². The van der Waals surface area contributed by atoms with Gasteiger partial charge in [0.2, 0.25) is 0 Å². The maximum absolute atomic E-state index is 12.6. The van der Waals surface area contributed by atoms with Crippen LogP contribution in [0.5, 0.6) is 0 Å². The van der Waals surface area contributed by atoms with Gasteiger partial charge < -0.3 is 9.84 Å². The highest BCUT2D eigenvalue weighted by Crippen LogP contribution is 2.67. The molecule has 0 spiro atoms. The zero-order valence-electron chi connectivity index (χ0n) is 25.2. The molecule has 0 bridgehead atoms. The van der Waals surface area contributed by atoms with Gasteiger partial charge >= 0.3 is 6.09 Å². The SMILES string of the molecule is CC(C)CCC[C@@H](C)[C@H]1CC[C@H]2[C@@H]3CC=C4C[C@@H](OC(=O)Nc5ccc(CO)cc5)CC[C@]4(C)[C@H]3CC[C@]12C. The van der Waals surface area contributed by atoms with Gasteiger partial charge in [-0.1, -0.05) is 77.7 Å². The molecule has 4 aliphatic carbocycles. The van der Waals surface area contributed by atoms with Crippen LogP contribution in [0, 0.1) is 46.3 Å². The van der Waals surface area contributed by atoms with E-state index in [0.29, 0.717) is 11.1 Å². The second-order valence-electron chi connectivity index (χ2n) is 14.5. The molecule has 3 saturated carbocycles. The fraction of sp³-hybridized carbons (Fsp3) is 0.743. The number of carbonyl (C=O) groups excluding carboxylic acids is 1. The number of ether oxygens (including phenoxy) is 1. The normalized spacial score (nSPS) is 36.4. The molecule has 5 rings (SSSR count). The van der Waals surface area contributed by atoms with E-state index in [0.717, 1.165) is 60.3 Å². The summed E-state index contributed by atoms with van der Waals surface area (Å²) < 4.78 is 5.91. The molecule has 0 radical (unpaired) electrons. The van der Waals surface area contributed by atoms with Crippen molar-refractivity contribution in [3.05, 3.63) is 41.5 Å².